The summed E-state index contributed by atoms with van der Waals surface area (Å²) in [4.78, 5) is 2.67. The first kappa shape index (κ1) is 15.0. The van der Waals surface area contributed by atoms with Gasteiger partial charge in [0.05, 0.1) is 0 Å². The van der Waals surface area contributed by atoms with E-state index < -0.39 is 0 Å². The van der Waals surface area contributed by atoms with Crippen LogP contribution in [0, 0.1) is 11.3 Å². The predicted molar refractivity (Wildman–Crippen MR) is 76.4 cm³/mol. The van der Waals surface area contributed by atoms with Crippen molar-refractivity contribution in [3.63, 3.8) is 0 Å². The summed E-state index contributed by atoms with van der Waals surface area (Å²) in [5.74, 6) is 0.728. The number of nitrogens with zero attached hydrogens (tertiary/aromatic N) is 1. The van der Waals surface area contributed by atoms with Gasteiger partial charge in [-0.25, -0.2) is 0 Å². The van der Waals surface area contributed by atoms with Crippen molar-refractivity contribution in [2.75, 3.05) is 26.2 Å². The number of rotatable bonds is 5. The van der Waals surface area contributed by atoms with Crippen LogP contribution >= 0.6 is 0 Å². The van der Waals surface area contributed by atoms with Crippen LogP contribution in [-0.4, -0.2) is 37.1 Å². The van der Waals surface area contributed by atoms with Gasteiger partial charge in [-0.15, -0.1) is 0 Å². The van der Waals surface area contributed by atoms with E-state index in [0.29, 0.717) is 11.5 Å². The zero-order valence-corrected chi connectivity index (χ0v) is 12.6. The van der Waals surface area contributed by atoms with Crippen LogP contribution in [0.3, 0.4) is 0 Å². The summed E-state index contributed by atoms with van der Waals surface area (Å²) in [5, 5.41) is 3.63. The van der Waals surface area contributed by atoms with Gasteiger partial charge < -0.3 is 10.2 Å². The number of nitrogens with one attached hydrogen (secondary N) is 1. The molecule has 1 heterocycles. The molecule has 1 atom stereocenters. The first-order valence-electron chi connectivity index (χ1n) is 7.40. The largest absolute Gasteiger partial charge is 0.313 e. The summed E-state index contributed by atoms with van der Waals surface area (Å²) in [6, 6.07) is 0.654. The monoisotopic (exact) mass is 240 g/mol. The van der Waals surface area contributed by atoms with Gasteiger partial charge in [0.25, 0.3) is 0 Å². The van der Waals surface area contributed by atoms with E-state index in [9.17, 15) is 0 Å². The summed E-state index contributed by atoms with van der Waals surface area (Å²) >= 11 is 0. The first-order chi connectivity index (χ1) is 7.94. The molecule has 1 fully saturated rings. The lowest BCUT2D eigenvalue weighted by Gasteiger charge is -2.29. The Hall–Kier alpha value is -0.0800. The normalized spacial score (nSPS) is 23.6. The second-order valence-corrected chi connectivity index (χ2v) is 6.73. The second kappa shape index (κ2) is 6.75. The zero-order chi connectivity index (χ0) is 12.9. The molecule has 0 radical (unpaired) electrons. The van der Waals surface area contributed by atoms with Gasteiger partial charge in [0.15, 0.2) is 0 Å². The van der Waals surface area contributed by atoms with Crippen LogP contribution in [0.1, 0.15) is 53.9 Å². The van der Waals surface area contributed by atoms with Gasteiger partial charge in [-0.3, -0.25) is 0 Å². The molecule has 1 unspecified atom stereocenters. The summed E-state index contributed by atoms with van der Waals surface area (Å²) in [7, 11) is 0. The lowest BCUT2D eigenvalue weighted by Crippen LogP contribution is -2.44. The molecule has 0 aromatic rings. The molecule has 17 heavy (non-hydrogen) atoms. The van der Waals surface area contributed by atoms with Crippen molar-refractivity contribution in [3.8, 4) is 0 Å². The fraction of sp³-hybridized carbons (Fsp3) is 1.00. The van der Waals surface area contributed by atoms with Crippen LogP contribution in [-0.2, 0) is 0 Å². The standard InChI is InChI=1S/C15H32N2/c1-6-16-14(13(2)3)12-17-10-7-8-15(4,5)9-11-17/h13-14,16H,6-12H2,1-5H3. The fourth-order valence-corrected chi connectivity index (χ4v) is 2.71. The van der Waals surface area contributed by atoms with E-state index in [0.717, 1.165) is 12.5 Å². The zero-order valence-electron chi connectivity index (χ0n) is 12.6. The van der Waals surface area contributed by atoms with Crippen LogP contribution in [0.2, 0.25) is 0 Å². The Labute approximate surface area is 108 Å². The minimum absolute atomic E-state index is 0.556. The topological polar surface area (TPSA) is 15.3 Å². The maximum absolute atomic E-state index is 3.63. The van der Waals surface area contributed by atoms with Gasteiger partial charge in [0, 0.05) is 12.6 Å². The minimum atomic E-state index is 0.556. The van der Waals surface area contributed by atoms with E-state index in [-0.39, 0.29) is 0 Å². The number of hydrogen-bond donors (Lipinski definition) is 1. The second-order valence-electron chi connectivity index (χ2n) is 6.73. The third-order valence-corrected chi connectivity index (χ3v) is 4.16. The van der Waals surface area contributed by atoms with E-state index in [1.807, 2.05) is 0 Å². The maximum atomic E-state index is 3.63. The number of likely N-dealkylation sites (N-methyl/N-ethyl adjacent to an activating group) is 1. The number of likely N-dealkylation sites (tertiary alicyclic amines) is 1. The highest BCUT2D eigenvalue weighted by Gasteiger charge is 2.24. The molecule has 0 bridgehead atoms. The van der Waals surface area contributed by atoms with Crippen LogP contribution in [0.4, 0.5) is 0 Å². The van der Waals surface area contributed by atoms with Crippen LogP contribution < -0.4 is 5.32 Å². The molecule has 2 heteroatoms. The number of hydrogen-bond acceptors (Lipinski definition) is 2. The SMILES string of the molecule is CCNC(CN1CCCC(C)(C)CC1)C(C)C. The Bertz CT molecular complexity index is 211. The van der Waals surface area contributed by atoms with Crippen LogP contribution in [0.25, 0.3) is 0 Å². The molecular weight excluding hydrogens is 208 g/mol. The molecule has 0 spiro atoms. The highest BCUT2D eigenvalue weighted by Crippen LogP contribution is 2.29. The van der Waals surface area contributed by atoms with Crippen LogP contribution in [0.5, 0.6) is 0 Å². The molecule has 1 aliphatic rings. The Kier molecular flexibility index (Phi) is 5.94. The van der Waals surface area contributed by atoms with Gasteiger partial charge in [-0.05, 0) is 50.2 Å². The van der Waals surface area contributed by atoms with Gasteiger partial charge in [-0.2, -0.15) is 0 Å². The Morgan fingerprint density at radius 2 is 1.88 bits per heavy atom. The Morgan fingerprint density at radius 1 is 1.18 bits per heavy atom. The molecule has 0 aliphatic carbocycles. The molecule has 102 valence electrons. The quantitative estimate of drug-likeness (QED) is 0.794. The molecule has 0 aromatic carbocycles. The van der Waals surface area contributed by atoms with Crippen molar-refractivity contribution in [2.24, 2.45) is 11.3 Å². The lowest BCUT2D eigenvalue weighted by molar-refractivity contribution is 0.216. The van der Waals surface area contributed by atoms with E-state index in [4.69, 9.17) is 0 Å². The average molecular weight is 240 g/mol. The summed E-state index contributed by atoms with van der Waals surface area (Å²) in [6.07, 6.45) is 4.10. The highest BCUT2D eigenvalue weighted by molar-refractivity contribution is 4.80. The van der Waals surface area contributed by atoms with Crippen molar-refractivity contribution < 1.29 is 0 Å². The average Bonchev–Trinajstić information content (AvgIpc) is 2.39. The van der Waals surface area contributed by atoms with Gasteiger partial charge >= 0.3 is 0 Å². The molecule has 0 saturated carbocycles. The van der Waals surface area contributed by atoms with Crippen molar-refractivity contribution >= 4 is 0 Å². The molecule has 1 aliphatic heterocycles. The molecule has 1 N–H and O–H groups in total. The van der Waals surface area contributed by atoms with Crippen molar-refractivity contribution in [1.29, 1.82) is 0 Å². The van der Waals surface area contributed by atoms with Gasteiger partial charge in [0.2, 0.25) is 0 Å². The molecule has 0 amide bonds. The smallest absolute Gasteiger partial charge is 0.0217 e. The predicted octanol–water partition coefficient (Wildman–Crippen LogP) is 3.13. The van der Waals surface area contributed by atoms with Crippen LogP contribution in [0.15, 0.2) is 0 Å². The van der Waals surface area contributed by atoms with Gasteiger partial charge in [0.1, 0.15) is 0 Å². The third-order valence-electron chi connectivity index (χ3n) is 4.16. The summed E-state index contributed by atoms with van der Waals surface area (Å²) < 4.78 is 0. The minimum Gasteiger partial charge on any atom is -0.313 e. The highest BCUT2D eigenvalue weighted by atomic mass is 15.1. The van der Waals surface area contributed by atoms with E-state index >= 15 is 0 Å². The Balaban J connectivity index is 2.44. The first-order valence-corrected chi connectivity index (χ1v) is 7.40. The maximum Gasteiger partial charge on any atom is 0.0217 e. The van der Waals surface area contributed by atoms with Crippen molar-refractivity contribution in [1.82, 2.24) is 10.2 Å². The lowest BCUT2D eigenvalue weighted by atomic mass is 9.85. The van der Waals surface area contributed by atoms with Crippen molar-refractivity contribution in [3.05, 3.63) is 0 Å². The van der Waals surface area contributed by atoms with E-state index in [1.54, 1.807) is 0 Å². The molecule has 0 aromatic heterocycles. The van der Waals surface area contributed by atoms with Crippen molar-refractivity contribution in [2.45, 2.75) is 59.9 Å². The molecule has 1 saturated heterocycles. The van der Waals surface area contributed by atoms with E-state index in [2.05, 4.69) is 44.8 Å². The third kappa shape index (κ3) is 5.39. The van der Waals surface area contributed by atoms with Gasteiger partial charge in [-0.1, -0.05) is 34.6 Å². The fourth-order valence-electron chi connectivity index (χ4n) is 2.71. The molecule has 1 rings (SSSR count). The molecule has 2 nitrogen and oxygen atoms in total. The summed E-state index contributed by atoms with van der Waals surface area (Å²) in [5.41, 5.74) is 0.556. The summed E-state index contributed by atoms with van der Waals surface area (Å²) in [6.45, 7) is 16.6. The van der Waals surface area contributed by atoms with E-state index in [1.165, 1.54) is 38.9 Å². The Morgan fingerprint density at radius 3 is 2.47 bits per heavy atom. The molecular formula is C15H32N2.